The van der Waals surface area contributed by atoms with Crippen molar-refractivity contribution in [1.82, 2.24) is 0 Å². The van der Waals surface area contributed by atoms with Gasteiger partial charge in [0, 0.05) is 12.0 Å². The van der Waals surface area contributed by atoms with Crippen LogP contribution in [0.1, 0.15) is 102 Å². The monoisotopic (exact) mass is 389 g/mol. The van der Waals surface area contributed by atoms with Crippen molar-refractivity contribution in [2.45, 2.75) is 96.8 Å². The van der Waals surface area contributed by atoms with E-state index in [2.05, 4.69) is 31.2 Å². The van der Waals surface area contributed by atoms with Gasteiger partial charge in [0.25, 0.3) is 0 Å². The zero-order valence-electron chi connectivity index (χ0n) is 17.6. The Balaban J connectivity index is 2.16. The van der Waals surface area contributed by atoms with E-state index in [-0.39, 0.29) is 0 Å². The standard InChI is InChI=1S/C24H39NO3/c1-2-3-19-23(28-25)22-18-15-14-17-21(22)16-12-10-8-6-4-5-7-9-11-13-20-24(26)27/h14-15,17-19H,2-13,16,20,25H2,1H3,(H,26,27)/b23-19-. The van der Waals surface area contributed by atoms with Crippen molar-refractivity contribution >= 4 is 11.7 Å². The van der Waals surface area contributed by atoms with Gasteiger partial charge < -0.3 is 9.94 Å². The minimum absolute atomic E-state index is 0.316. The van der Waals surface area contributed by atoms with E-state index in [1.54, 1.807) is 0 Å². The highest BCUT2D eigenvalue weighted by Gasteiger charge is 2.08. The molecule has 0 heterocycles. The summed E-state index contributed by atoms with van der Waals surface area (Å²) in [7, 11) is 0. The van der Waals surface area contributed by atoms with Crippen molar-refractivity contribution in [3.8, 4) is 0 Å². The lowest BCUT2D eigenvalue weighted by Crippen LogP contribution is -2.02. The van der Waals surface area contributed by atoms with Crippen molar-refractivity contribution in [3.05, 3.63) is 41.5 Å². The summed E-state index contributed by atoms with van der Waals surface area (Å²) in [6.07, 6.45) is 17.4. The number of carboxylic acid groups (broad SMARTS) is 1. The normalized spacial score (nSPS) is 11.6. The van der Waals surface area contributed by atoms with Crippen LogP contribution in [0.3, 0.4) is 0 Å². The van der Waals surface area contributed by atoms with Crippen molar-refractivity contribution in [2.75, 3.05) is 0 Å². The fourth-order valence-electron chi connectivity index (χ4n) is 3.48. The number of aliphatic carboxylic acids is 1. The molecule has 0 aliphatic carbocycles. The Kier molecular flexibility index (Phi) is 14.0. The average Bonchev–Trinajstić information content (AvgIpc) is 2.70. The van der Waals surface area contributed by atoms with Crippen molar-refractivity contribution in [1.29, 1.82) is 0 Å². The molecule has 0 bridgehead atoms. The van der Waals surface area contributed by atoms with E-state index in [4.69, 9.17) is 15.8 Å². The third-order valence-electron chi connectivity index (χ3n) is 5.11. The van der Waals surface area contributed by atoms with Gasteiger partial charge in [-0.2, -0.15) is 5.90 Å². The van der Waals surface area contributed by atoms with Crippen LogP contribution in [-0.2, 0) is 16.1 Å². The molecule has 0 atom stereocenters. The topological polar surface area (TPSA) is 72.5 Å². The Morgan fingerprint density at radius 2 is 1.54 bits per heavy atom. The predicted octanol–water partition coefficient (Wildman–Crippen LogP) is 6.64. The molecule has 0 amide bonds. The molecule has 1 aromatic rings. The molecule has 0 aromatic heterocycles. The van der Waals surface area contributed by atoms with E-state index in [0.29, 0.717) is 6.42 Å². The predicted molar refractivity (Wildman–Crippen MR) is 117 cm³/mol. The fraction of sp³-hybridized carbons (Fsp3) is 0.625. The molecule has 0 fully saturated rings. The van der Waals surface area contributed by atoms with Gasteiger partial charge in [-0.3, -0.25) is 4.79 Å². The lowest BCUT2D eigenvalue weighted by Gasteiger charge is -2.11. The highest BCUT2D eigenvalue weighted by Crippen LogP contribution is 2.22. The fourth-order valence-corrected chi connectivity index (χ4v) is 3.48. The average molecular weight is 390 g/mol. The van der Waals surface area contributed by atoms with Crippen LogP contribution in [0.4, 0.5) is 0 Å². The number of hydrogen-bond donors (Lipinski definition) is 2. The Bertz CT molecular complexity index is 569. The van der Waals surface area contributed by atoms with Gasteiger partial charge in [0.15, 0.2) is 0 Å². The Hall–Kier alpha value is -1.81. The number of allylic oxidation sites excluding steroid dienone is 1. The third-order valence-corrected chi connectivity index (χ3v) is 5.11. The molecule has 0 aliphatic rings. The van der Waals surface area contributed by atoms with E-state index < -0.39 is 5.97 Å². The van der Waals surface area contributed by atoms with Crippen molar-refractivity contribution in [3.63, 3.8) is 0 Å². The van der Waals surface area contributed by atoms with Crippen LogP contribution in [0.2, 0.25) is 0 Å². The first-order valence-corrected chi connectivity index (χ1v) is 11.1. The van der Waals surface area contributed by atoms with Gasteiger partial charge in [0.1, 0.15) is 5.76 Å². The summed E-state index contributed by atoms with van der Waals surface area (Å²) in [5.74, 6) is 5.61. The summed E-state index contributed by atoms with van der Waals surface area (Å²) in [6.45, 7) is 2.15. The Morgan fingerprint density at radius 3 is 2.11 bits per heavy atom. The smallest absolute Gasteiger partial charge is 0.303 e. The van der Waals surface area contributed by atoms with Crippen LogP contribution in [-0.4, -0.2) is 11.1 Å². The number of aryl methyl sites for hydroxylation is 1. The van der Waals surface area contributed by atoms with Crippen LogP contribution in [0.5, 0.6) is 0 Å². The number of rotatable bonds is 17. The molecular weight excluding hydrogens is 350 g/mol. The molecule has 1 rings (SSSR count). The molecule has 0 spiro atoms. The number of unbranched alkanes of at least 4 members (excludes halogenated alkanes) is 10. The summed E-state index contributed by atoms with van der Waals surface area (Å²) < 4.78 is 0. The Labute approximate surface area is 171 Å². The zero-order chi connectivity index (χ0) is 20.5. The number of hydrogen-bond acceptors (Lipinski definition) is 3. The largest absolute Gasteiger partial charge is 0.481 e. The third kappa shape index (κ3) is 11.1. The van der Waals surface area contributed by atoms with E-state index in [9.17, 15) is 4.79 Å². The number of carbonyl (C=O) groups is 1. The lowest BCUT2D eigenvalue weighted by atomic mass is 9.98. The van der Waals surface area contributed by atoms with Gasteiger partial charge in [-0.15, -0.1) is 0 Å². The summed E-state index contributed by atoms with van der Waals surface area (Å²) >= 11 is 0. The Morgan fingerprint density at radius 1 is 0.964 bits per heavy atom. The molecule has 4 nitrogen and oxygen atoms in total. The second-order valence-corrected chi connectivity index (χ2v) is 7.56. The van der Waals surface area contributed by atoms with Crippen LogP contribution < -0.4 is 5.90 Å². The highest BCUT2D eigenvalue weighted by atomic mass is 16.6. The maximum atomic E-state index is 10.4. The number of benzene rings is 1. The van der Waals surface area contributed by atoms with Crippen LogP contribution in [0, 0.1) is 0 Å². The second-order valence-electron chi connectivity index (χ2n) is 7.56. The van der Waals surface area contributed by atoms with Crippen LogP contribution >= 0.6 is 0 Å². The summed E-state index contributed by atoms with van der Waals surface area (Å²) in [5, 5.41) is 8.60. The lowest BCUT2D eigenvalue weighted by molar-refractivity contribution is -0.137. The van der Waals surface area contributed by atoms with Gasteiger partial charge in [-0.1, -0.05) is 89.0 Å². The summed E-state index contributed by atoms with van der Waals surface area (Å²) in [6, 6.07) is 8.40. The van der Waals surface area contributed by atoms with E-state index in [1.165, 1.54) is 56.9 Å². The van der Waals surface area contributed by atoms with Crippen LogP contribution in [0.25, 0.3) is 5.76 Å². The molecule has 0 saturated heterocycles. The number of carboxylic acids is 1. The van der Waals surface area contributed by atoms with Gasteiger partial charge in [-0.05, 0) is 37.3 Å². The zero-order valence-corrected chi connectivity index (χ0v) is 17.6. The molecule has 0 saturated carbocycles. The maximum Gasteiger partial charge on any atom is 0.303 e. The summed E-state index contributed by atoms with van der Waals surface area (Å²) in [4.78, 5) is 15.6. The molecule has 0 aliphatic heterocycles. The molecule has 3 N–H and O–H groups in total. The molecule has 28 heavy (non-hydrogen) atoms. The molecule has 158 valence electrons. The first kappa shape index (κ1) is 24.2. The first-order valence-electron chi connectivity index (χ1n) is 11.1. The second kappa shape index (κ2) is 16.2. The SMILES string of the molecule is CCC/C=C(\ON)c1ccccc1CCCCCCCCCCCCC(=O)O. The summed E-state index contributed by atoms with van der Waals surface area (Å²) in [5.41, 5.74) is 2.44. The van der Waals surface area contributed by atoms with Gasteiger partial charge in [0.05, 0.1) is 0 Å². The minimum atomic E-state index is -0.675. The molecule has 4 heteroatoms. The van der Waals surface area contributed by atoms with Crippen molar-refractivity contribution in [2.24, 2.45) is 5.90 Å². The molecular formula is C24H39NO3. The van der Waals surface area contributed by atoms with E-state index in [1.807, 2.05) is 6.07 Å². The quantitative estimate of drug-likeness (QED) is 0.178. The van der Waals surface area contributed by atoms with E-state index in [0.717, 1.165) is 43.4 Å². The minimum Gasteiger partial charge on any atom is -0.481 e. The molecule has 1 aromatic carbocycles. The first-order chi connectivity index (χ1) is 13.7. The van der Waals surface area contributed by atoms with Crippen LogP contribution in [0.15, 0.2) is 30.3 Å². The highest BCUT2D eigenvalue weighted by molar-refractivity contribution is 5.66. The number of nitrogens with two attached hydrogens (primary N) is 1. The molecule has 0 radical (unpaired) electrons. The molecule has 0 unspecified atom stereocenters. The van der Waals surface area contributed by atoms with Gasteiger partial charge >= 0.3 is 5.97 Å². The van der Waals surface area contributed by atoms with Gasteiger partial charge in [-0.25, -0.2) is 0 Å². The van der Waals surface area contributed by atoms with Gasteiger partial charge in [0.2, 0.25) is 0 Å². The van der Waals surface area contributed by atoms with Crippen molar-refractivity contribution < 1.29 is 14.7 Å². The maximum absolute atomic E-state index is 10.4. The van der Waals surface area contributed by atoms with E-state index >= 15 is 0 Å².